The maximum absolute atomic E-state index is 14.7. The summed E-state index contributed by atoms with van der Waals surface area (Å²) in [6.07, 6.45) is 5.21. The van der Waals surface area contributed by atoms with Gasteiger partial charge in [0.05, 0.1) is 47.1 Å². The Hall–Kier alpha value is -4.83. The molecule has 6 rings (SSSR count). The summed E-state index contributed by atoms with van der Waals surface area (Å²) >= 11 is 0. The lowest BCUT2D eigenvalue weighted by Gasteiger charge is -2.38. The van der Waals surface area contributed by atoms with E-state index in [-0.39, 0.29) is 57.1 Å². The van der Waals surface area contributed by atoms with E-state index >= 15 is 0 Å². The predicted molar refractivity (Wildman–Crippen MR) is 222 cm³/mol. The molecule has 1 aliphatic carbocycles. The van der Waals surface area contributed by atoms with Crippen molar-refractivity contribution in [1.29, 1.82) is 0 Å². The highest BCUT2D eigenvalue weighted by atomic mass is 16.7. The zero-order valence-electron chi connectivity index (χ0n) is 36.3. The van der Waals surface area contributed by atoms with Crippen LogP contribution in [0.25, 0.3) is 0 Å². The van der Waals surface area contributed by atoms with Crippen LogP contribution in [0.15, 0.2) is 52.5 Å². The largest absolute Gasteiger partial charge is 0.507 e. The number of Topliss-reactive ketones (excluding diaryl/α,β-unsaturated/α-hetero) is 2. The van der Waals surface area contributed by atoms with Gasteiger partial charge >= 0.3 is 11.8 Å². The molecule has 0 radical (unpaired) electrons. The minimum Gasteiger partial charge on any atom is -0.507 e. The molecule has 8 atom stereocenters. The number of rotatable bonds is 4. The van der Waals surface area contributed by atoms with Crippen LogP contribution in [-0.4, -0.2) is 112 Å². The van der Waals surface area contributed by atoms with Gasteiger partial charge in [0.2, 0.25) is 5.78 Å². The van der Waals surface area contributed by atoms with Crippen molar-refractivity contribution in [2.45, 2.75) is 117 Å². The van der Waals surface area contributed by atoms with Crippen LogP contribution in [0.2, 0.25) is 0 Å². The number of hydrogen-bond donors (Lipinski definition) is 5. The van der Waals surface area contributed by atoms with E-state index in [1.165, 1.54) is 40.2 Å². The highest BCUT2D eigenvalue weighted by Gasteiger charge is 2.54. The van der Waals surface area contributed by atoms with E-state index in [4.69, 9.17) is 23.9 Å². The molecule has 1 aromatic carbocycles. The molecule has 1 aromatic rings. The van der Waals surface area contributed by atoms with Gasteiger partial charge in [-0.25, -0.2) is 0 Å². The third-order valence-electron chi connectivity index (χ3n) is 12.5. The lowest BCUT2D eigenvalue weighted by molar-refractivity contribution is -0.155. The van der Waals surface area contributed by atoms with Gasteiger partial charge in [-0.2, -0.15) is 0 Å². The number of likely N-dealkylation sites (tertiary alicyclic amines) is 1. The van der Waals surface area contributed by atoms with Crippen molar-refractivity contribution in [3.63, 3.8) is 0 Å². The number of carbonyl (C=O) groups excluding carboxylic acids is 4. The Bertz CT molecular complexity index is 2080. The smallest absolute Gasteiger partial charge is 0.312 e. The molecule has 326 valence electrons. The summed E-state index contributed by atoms with van der Waals surface area (Å²) in [4.78, 5) is 63.0. The van der Waals surface area contributed by atoms with Gasteiger partial charge in [0.1, 0.15) is 29.0 Å². The first-order chi connectivity index (χ1) is 28.2. The van der Waals surface area contributed by atoms with Crippen molar-refractivity contribution in [1.82, 2.24) is 15.5 Å². The Kier molecular flexibility index (Phi) is 12.9. The molecule has 5 N–H and O–H groups in total. The average molecular weight is 833 g/mol. The van der Waals surface area contributed by atoms with E-state index in [0.717, 1.165) is 19.6 Å². The number of esters is 1. The number of hydrogen-bond acceptors (Lipinski definition) is 14. The molecule has 0 saturated carbocycles. The molecule has 1 saturated heterocycles. The van der Waals surface area contributed by atoms with Crippen molar-refractivity contribution < 1.29 is 53.4 Å². The molecule has 5 aliphatic rings. The van der Waals surface area contributed by atoms with Crippen LogP contribution in [0.5, 0.6) is 11.5 Å². The Morgan fingerprint density at radius 3 is 2.33 bits per heavy atom. The minimum atomic E-state index is -1.96. The quantitative estimate of drug-likeness (QED) is 0.268. The molecule has 15 heteroatoms. The number of fused-ring (bicyclic) bond motifs is 3. The van der Waals surface area contributed by atoms with Crippen LogP contribution >= 0.6 is 0 Å². The van der Waals surface area contributed by atoms with E-state index < -0.39 is 82.8 Å². The molecule has 15 nitrogen and oxygen atoms in total. The second-order valence-corrected chi connectivity index (χ2v) is 17.5. The fourth-order valence-electron chi connectivity index (χ4n) is 8.83. The molecule has 60 heavy (non-hydrogen) atoms. The molecular weight excluding hydrogens is 773 g/mol. The zero-order chi connectivity index (χ0) is 44.0. The molecule has 1 amide bonds. The number of phenolic OH excluding ortho intramolecular Hbond substituents is 1. The number of aliphatic hydroxyl groups excluding tert-OH is 2. The number of ketones is 2. The monoisotopic (exact) mass is 832 g/mol. The number of aromatic hydroxyl groups is 1. The van der Waals surface area contributed by atoms with Crippen LogP contribution in [0.3, 0.4) is 0 Å². The molecule has 4 aliphatic heterocycles. The van der Waals surface area contributed by atoms with Gasteiger partial charge in [0, 0.05) is 94.3 Å². The standard InChI is InChI=1S/C45H60N4O11/c1-22(2)21-49-17-15-45(16-18-49)47-34-31-32-39(53)27(7)41-33(31)42(55)44(9,60-41)58-19-14-29(57-10)20-30(59-28(8)50)25(5)38(52)26(6)37(51)23(3)12-11-13-24(4)43(56)46-36(40(32)54)35(34)48-45/h11-14,19,22-23,25-26,29-30,37-38,48,51-53H,15-18,20-21H2,1-10H3,(H,46,56)/b12-11+,19-14+,24-13-/t23-,25-,26+,29-,30+,37-,38-,44-/m0/s1. The summed E-state index contributed by atoms with van der Waals surface area (Å²) < 4.78 is 23.7. The summed E-state index contributed by atoms with van der Waals surface area (Å²) in [7, 11) is 1.45. The van der Waals surface area contributed by atoms with Crippen molar-refractivity contribution in [3.05, 3.63) is 69.8 Å². The molecule has 5 bridgehead atoms. The third-order valence-corrected chi connectivity index (χ3v) is 12.5. The first-order valence-electron chi connectivity index (χ1n) is 20.8. The SMILES string of the molecule is CO[C@H]1/C=C/O[C@@]2(C)Oc3c(C)c(O)c4c(c3C2=O)C2=NC3(CCN(CC(C)C)CC3)NC2=C(NC(=O)/C(C)=C\C=C\[C@H](C)[C@H](O)[C@@H](C)[C@@H](O)[C@@H](C)[C@H](OC(C)=O)C1)C4=O. The van der Waals surface area contributed by atoms with E-state index in [0.29, 0.717) is 18.8 Å². The number of amides is 1. The van der Waals surface area contributed by atoms with Gasteiger partial charge in [-0.05, 0) is 25.8 Å². The molecule has 0 unspecified atom stereocenters. The Balaban J connectivity index is 1.48. The number of methoxy groups -OCH3 is 1. The predicted octanol–water partition coefficient (Wildman–Crippen LogP) is 4.37. The van der Waals surface area contributed by atoms with Crippen LogP contribution < -0.4 is 15.4 Å². The van der Waals surface area contributed by atoms with Crippen molar-refractivity contribution in [2.24, 2.45) is 28.7 Å². The van der Waals surface area contributed by atoms with Crippen molar-refractivity contribution in [2.75, 3.05) is 26.7 Å². The fourth-order valence-corrected chi connectivity index (χ4v) is 8.83. The van der Waals surface area contributed by atoms with Crippen LogP contribution in [0, 0.1) is 30.6 Å². The third kappa shape index (κ3) is 8.41. The van der Waals surface area contributed by atoms with Crippen molar-refractivity contribution >= 4 is 29.2 Å². The summed E-state index contributed by atoms with van der Waals surface area (Å²) in [6.45, 7) is 17.7. The lowest BCUT2D eigenvalue weighted by atomic mass is 9.81. The fraction of sp³-hybridized carbons (Fsp3) is 0.578. The number of piperidine rings is 1. The highest BCUT2D eigenvalue weighted by Crippen LogP contribution is 2.50. The minimum absolute atomic E-state index is 0.0180. The number of nitrogens with zero attached hydrogens (tertiary/aromatic N) is 2. The van der Waals surface area contributed by atoms with Gasteiger partial charge in [0.15, 0.2) is 0 Å². The number of ether oxygens (including phenoxy) is 4. The van der Waals surface area contributed by atoms with Crippen molar-refractivity contribution in [3.8, 4) is 11.5 Å². The van der Waals surface area contributed by atoms with Gasteiger partial charge < -0.3 is 49.8 Å². The Morgan fingerprint density at radius 2 is 1.70 bits per heavy atom. The van der Waals surface area contributed by atoms with Gasteiger partial charge in [-0.3, -0.25) is 24.2 Å². The van der Waals surface area contributed by atoms with Gasteiger partial charge in [-0.1, -0.05) is 52.8 Å². The molecule has 4 heterocycles. The summed E-state index contributed by atoms with van der Waals surface area (Å²) in [5.41, 5.74) is -0.179. The number of carbonyl (C=O) groups is 4. The van der Waals surface area contributed by atoms with Crippen LogP contribution in [-0.2, 0) is 23.8 Å². The Morgan fingerprint density at radius 1 is 1.02 bits per heavy atom. The van der Waals surface area contributed by atoms with E-state index in [1.54, 1.807) is 45.9 Å². The number of nitrogens with one attached hydrogen (secondary N) is 2. The van der Waals surface area contributed by atoms with E-state index in [2.05, 4.69) is 29.4 Å². The zero-order valence-corrected chi connectivity index (χ0v) is 36.3. The van der Waals surface area contributed by atoms with E-state index in [1.807, 2.05) is 0 Å². The maximum atomic E-state index is 14.7. The molecular formula is C45H60N4O11. The number of benzene rings is 1. The topological polar surface area (TPSA) is 206 Å². The summed E-state index contributed by atoms with van der Waals surface area (Å²) in [5.74, 6) is -6.15. The number of allylic oxidation sites excluding steroid dienone is 4. The van der Waals surface area contributed by atoms with Crippen LogP contribution in [0.4, 0.5) is 0 Å². The van der Waals surface area contributed by atoms with Crippen LogP contribution in [0.1, 0.15) is 106 Å². The maximum Gasteiger partial charge on any atom is 0.312 e. The first kappa shape index (κ1) is 44.7. The molecule has 0 aromatic heterocycles. The van der Waals surface area contributed by atoms with Gasteiger partial charge in [-0.15, -0.1) is 0 Å². The number of phenols is 1. The molecule has 1 spiro atoms. The summed E-state index contributed by atoms with van der Waals surface area (Å²) in [6, 6.07) is 0. The first-order valence-corrected chi connectivity index (χ1v) is 20.8. The highest BCUT2D eigenvalue weighted by molar-refractivity contribution is 6.34. The normalized spacial score (nSPS) is 33.0. The second kappa shape index (κ2) is 17.3. The number of aliphatic hydroxyl groups is 2. The second-order valence-electron chi connectivity index (χ2n) is 17.5. The molecule has 1 fully saturated rings. The van der Waals surface area contributed by atoms with Gasteiger partial charge in [0.25, 0.3) is 11.7 Å². The summed E-state index contributed by atoms with van der Waals surface area (Å²) in [5, 5.41) is 40.8. The Labute approximate surface area is 351 Å². The van der Waals surface area contributed by atoms with E-state index in [9.17, 15) is 34.5 Å². The number of aliphatic imine (C=N–C) groups is 1. The lowest BCUT2D eigenvalue weighted by Crippen LogP contribution is -2.50. The average Bonchev–Trinajstić information content (AvgIpc) is 3.70.